The molecule has 0 radical (unpaired) electrons. The molecule has 0 spiro atoms. The van der Waals surface area contributed by atoms with Gasteiger partial charge in [0.05, 0.1) is 11.9 Å². The summed E-state index contributed by atoms with van der Waals surface area (Å²) in [6.07, 6.45) is 0. The summed E-state index contributed by atoms with van der Waals surface area (Å²) < 4.78 is 49.7. The van der Waals surface area contributed by atoms with Gasteiger partial charge in [-0.05, 0) is 56.2 Å². The van der Waals surface area contributed by atoms with Crippen LogP contribution in [0.3, 0.4) is 0 Å². The van der Waals surface area contributed by atoms with Crippen LogP contribution >= 0.6 is 7.60 Å². The smallest absolute Gasteiger partial charge is 0.356 e. The van der Waals surface area contributed by atoms with E-state index in [1.165, 1.54) is 24.3 Å². The minimum absolute atomic E-state index is 0.164. The molecule has 5 nitrogen and oxygen atoms in total. The third-order valence-electron chi connectivity index (χ3n) is 3.30. The van der Waals surface area contributed by atoms with Crippen LogP contribution in [-0.4, -0.2) is 16.4 Å². The number of ether oxygens (including phenoxy) is 2. The van der Waals surface area contributed by atoms with Crippen LogP contribution < -0.4 is 14.8 Å². The van der Waals surface area contributed by atoms with Crippen LogP contribution in [0.25, 0.3) is 0 Å². The van der Waals surface area contributed by atoms with Crippen molar-refractivity contribution in [3.63, 3.8) is 0 Å². The molecule has 0 saturated carbocycles. The Hall–Kier alpha value is -1.95. The largest absolute Gasteiger partial charge is 0.491 e. The van der Waals surface area contributed by atoms with Crippen LogP contribution in [0.15, 0.2) is 24.3 Å². The van der Waals surface area contributed by atoms with Crippen molar-refractivity contribution in [2.75, 3.05) is 6.61 Å². The van der Waals surface area contributed by atoms with Crippen LogP contribution in [-0.2, 0) is 4.57 Å². The molecular weight excluding hydrogens is 341 g/mol. The topological polar surface area (TPSA) is 76.0 Å². The monoisotopic (exact) mass is 358 g/mol. The van der Waals surface area contributed by atoms with Gasteiger partial charge >= 0.3 is 7.60 Å². The highest BCUT2D eigenvalue weighted by Crippen LogP contribution is 2.38. The van der Waals surface area contributed by atoms with Gasteiger partial charge in [-0.15, -0.1) is 0 Å². The Morgan fingerprint density at radius 1 is 1.04 bits per heavy atom. The van der Waals surface area contributed by atoms with Gasteiger partial charge in [-0.3, -0.25) is 4.57 Å². The molecule has 2 aromatic carbocycles. The Labute approximate surface area is 138 Å². The standard InChI is InChI=1S/C16H17F2O5P/c1-4-22-12-5-6-13(15(18)14(12)17)23-16-9(2)7-11(8-10(16)3)24(19,20)21/h5-8H,4H2,1-3H3,(H2,19,20,21). The molecule has 0 bridgehead atoms. The molecule has 0 aromatic heterocycles. The van der Waals surface area contributed by atoms with Crippen molar-refractivity contribution in [1.82, 2.24) is 0 Å². The van der Waals surface area contributed by atoms with E-state index >= 15 is 0 Å². The fraction of sp³-hybridized carbons (Fsp3) is 0.250. The molecule has 0 saturated heterocycles. The first-order valence-electron chi connectivity index (χ1n) is 7.11. The van der Waals surface area contributed by atoms with Crippen molar-refractivity contribution in [1.29, 1.82) is 0 Å². The summed E-state index contributed by atoms with van der Waals surface area (Å²) in [5.41, 5.74) is 0.782. The lowest BCUT2D eigenvalue weighted by atomic mass is 10.1. The van der Waals surface area contributed by atoms with E-state index in [0.717, 1.165) is 0 Å². The Bertz CT molecular complexity index is 793. The molecule has 0 aliphatic rings. The normalized spacial score (nSPS) is 11.5. The van der Waals surface area contributed by atoms with Gasteiger partial charge in [-0.1, -0.05) is 0 Å². The zero-order valence-electron chi connectivity index (χ0n) is 13.3. The van der Waals surface area contributed by atoms with Crippen molar-refractivity contribution < 1.29 is 32.6 Å². The van der Waals surface area contributed by atoms with Gasteiger partial charge in [-0.25, -0.2) is 0 Å². The van der Waals surface area contributed by atoms with Crippen LogP contribution in [0.5, 0.6) is 17.2 Å². The molecule has 0 unspecified atom stereocenters. The van der Waals surface area contributed by atoms with Gasteiger partial charge < -0.3 is 19.3 Å². The Morgan fingerprint density at radius 3 is 2.04 bits per heavy atom. The lowest BCUT2D eigenvalue weighted by Gasteiger charge is -2.15. The van der Waals surface area contributed by atoms with E-state index in [1.807, 2.05) is 0 Å². The quantitative estimate of drug-likeness (QED) is 0.799. The molecule has 0 aliphatic heterocycles. The first-order valence-corrected chi connectivity index (χ1v) is 8.72. The molecule has 24 heavy (non-hydrogen) atoms. The molecule has 0 heterocycles. The van der Waals surface area contributed by atoms with Gasteiger partial charge in [-0.2, -0.15) is 8.78 Å². The van der Waals surface area contributed by atoms with E-state index in [0.29, 0.717) is 11.1 Å². The zero-order chi connectivity index (χ0) is 18.1. The minimum Gasteiger partial charge on any atom is -0.491 e. The molecule has 130 valence electrons. The highest BCUT2D eigenvalue weighted by Gasteiger charge is 2.22. The predicted octanol–water partition coefficient (Wildman–Crippen LogP) is 3.58. The number of rotatable bonds is 5. The summed E-state index contributed by atoms with van der Waals surface area (Å²) in [5.74, 6) is -2.70. The van der Waals surface area contributed by atoms with Gasteiger partial charge in [0.15, 0.2) is 11.5 Å². The Balaban J connectivity index is 2.42. The summed E-state index contributed by atoms with van der Waals surface area (Å²) in [6.45, 7) is 4.96. The van der Waals surface area contributed by atoms with E-state index in [9.17, 15) is 23.1 Å². The van der Waals surface area contributed by atoms with E-state index in [-0.39, 0.29) is 29.2 Å². The average Bonchev–Trinajstić information content (AvgIpc) is 2.48. The molecule has 8 heteroatoms. The second-order valence-electron chi connectivity index (χ2n) is 5.18. The SMILES string of the molecule is CCOc1ccc(Oc2c(C)cc(P(=O)(O)O)cc2C)c(F)c1F. The first-order chi connectivity index (χ1) is 11.1. The van der Waals surface area contributed by atoms with E-state index in [2.05, 4.69) is 0 Å². The molecule has 2 rings (SSSR count). The molecule has 0 aliphatic carbocycles. The van der Waals surface area contributed by atoms with Gasteiger partial charge in [0.2, 0.25) is 11.6 Å². The molecule has 2 aromatic rings. The highest BCUT2D eigenvalue weighted by molar-refractivity contribution is 7.60. The summed E-state index contributed by atoms with van der Waals surface area (Å²) in [5, 5.41) is -0.164. The van der Waals surface area contributed by atoms with E-state index in [4.69, 9.17) is 9.47 Å². The van der Waals surface area contributed by atoms with Gasteiger partial charge in [0.1, 0.15) is 5.75 Å². The predicted molar refractivity (Wildman–Crippen MR) is 85.2 cm³/mol. The number of halogens is 2. The van der Waals surface area contributed by atoms with Crippen molar-refractivity contribution >= 4 is 12.9 Å². The van der Waals surface area contributed by atoms with Crippen molar-refractivity contribution in [2.24, 2.45) is 0 Å². The fourth-order valence-corrected chi connectivity index (χ4v) is 2.95. The molecule has 2 N–H and O–H groups in total. The summed E-state index contributed by atoms with van der Waals surface area (Å²) in [7, 11) is -4.41. The van der Waals surface area contributed by atoms with Crippen molar-refractivity contribution in [3.05, 3.63) is 47.0 Å². The molecule has 0 fully saturated rings. The number of benzene rings is 2. The molecule has 0 atom stereocenters. The second kappa shape index (κ2) is 6.89. The maximum atomic E-state index is 14.1. The highest BCUT2D eigenvalue weighted by atomic mass is 31.2. The molecular formula is C16H17F2O5P. The lowest BCUT2D eigenvalue weighted by Crippen LogP contribution is -2.07. The Kier molecular flexibility index (Phi) is 5.28. The lowest BCUT2D eigenvalue weighted by molar-refractivity contribution is 0.309. The van der Waals surface area contributed by atoms with Crippen molar-refractivity contribution in [2.45, 2.75) is 20.8 Å². The van der Waals surface area contributed by atoms with Crippen LogP contribution in [0, 0.1) is 25.5 Å². The zero-order valence-corrected chi connectivity index (χ0v) is 14.2. The number of hydrogen-bond acceptors (Lipinski definition) is 3. The third-order valence-corrected chi connectivity index (χ3v) is 4.24. The van der Waals surface area contributed by atoms with Gasteiger partial charge in [0.25, 0.3) is 0 Å². The molecule has 0 amide bonds. The van der Waals surface area contributed by atoms with Crippen LogP contribution in [0.1, 0.15) is 18.1 Å². The fourth-order valence-electron chi connectivity index (χ4n) is 2.23. The first kappa shape index (κ1) is 18.4. The Morgan fingerprint density at radius 2 is 1.54 bits per heavy atom. The van der Waals surface area contributed by atoms with E-state index in [1.54, 1.807) is 20.8 Å². The van der Waals surface area contributed by atoms with Gasteiger partial charge in [0, 0.05) is 0 Å². The average molecular weight is 358 g/mol. The van der Waals surface area contributed by atoms with E-state index < -0.39 is 19.2 Å². The minimum atomic E-state index is -4.41. The maximum Gasteiger partial charge on any atom is 0.356 e. The summed E-state index contributed by atoms with van der Waals surface area (Å²) in [6, 6.07) is 5.00. The summed E-state index contributed by atoms with van der Waals surface area (Å²) >= 11 is 0. The second-order valence-corrected chi connectivity index (χ2v) is 6.78. The number of aryl methyl sites for hydroxylation is 2. The van der Waals surface area contributed by atoms with Crippen LogP contribution in [0.2, 0.25) is 0 Å². The third kappa shape index (κ3) is 3.75. The van der Waals surface area contributed by atoms with Crippen molar-refractivity contribution in [3.8, 4) is 17.2 Å². The van der Waals surface area contributed by atoms with Crippen LogP contribution in [0.4, 0.5) is 8.78 Å². The maximum absolute atomic E-state index is 14.1. The number of hydrogen-bond donors (Lipinski definition) is 2. The summed E-state index contributed by atoms with van der Waals surface area (Å²) in [4.78, 5) is 18.5.